The van der Waals surface area contributed by atoms with Crippen molar-refractivity contribution in [2.75, 3.05) is 0 Å². The second-order valence-corrected chi connectivity index (χ2v) is 7.78. The van der Waals surface area contributed by atoms with Crippen LogP contribution in [-0.2, 0) is 4.74 Å². The molecule has 5 rings (SSSR count). The number of hydrogen-bond donors (Lipinski definition) is 1. The molecule has 0 radical (unpaired) electrons. The minimum atomic E-state index is -0.778. The molecule has 1 aromatic carbocycles. The summed E-state index contributed by atoms with van der Waals surface area (Å²) < 4.78 is 39.7. The summed E-state index contributed by atoms with van der Waals surface area (Å²) in [4.78, 5) is 13.0. The van der Waals surface area contributed by atoms with Crippen molar-refractivity contribution < 1.29 is 22.8 Å². The summed E-state index contributed by atoms with van der Waals surface area (Å²) >= 11 is 0. The van der Waals surface area contributed by atoms with Gasteiger partial charge in [-0.2, -0.15) is 0 Å². The van der Waals surface area contributed by atoms with Crippen LogP contribution in [0.25, 0.3) is 11.3 Å². The molecular weight excluding hydrogens is 354 g/mol. The predicted octanol–water partition coefficient (Wildman–Crippen LogP) is 3.94. The summed E-state index contributed by atoms with van der Waals surface area (Å²) in [5.74, 6) is -1.70. The van der Waals surface area contributed by atoms with E-state index in [1.807, 2.05) is 0 Å². The van der Waals surface area contributed by atoms with E-state index in [4.69, 9.17) is 9.26 Å². The van der Waals surface area contributed by atoms with Gasteiger partial charge in [-0.15, -0.1) is 0 Å². The zero-order chi connectivity index (χ0) is 18.5. The van der Waals surface area contributed by atoms with Crippen molar-refractivity contribution in [3.05, 3.63) is 41.2 Å². The summed E-state index contributed by atoms with van der Waals surface area (Å²) in [6.07, 6.45) is 5.23. The van der Waals surface area contributed by atoms with Crippen LogP contribution in [0.5, 0.6) is 0 Å². The molecule has 27 heavy (non-hydrogen) atoms. The molecule has 7 heteroatoms. The molecule has 1 aliphatic carbocycles. The van der Waals surface area contributed by atoms with Gasteiger partial charge in [0.05, 0.1) is 5.56 Å². The van der Waals surface area contributed by atoms with Crippen LogP contribution < -0.4 is 5.32 Å². The standard InChI is InChI=1S/C20H20F2N2O3/c21-14-2-1-3-15(22)16(14)18-17(19(27-24-18)10-4-5-10)20(25)26-13-8-11-6-7-12(9-13)23-11/h1-3,10-13,23H,4-9H2/t11-,12?,13?/m1/s1. The average Bonchev–Trinajstić information content (AvgIpc) is 3.30. The van der Waals surface area contributed by atoms with Crippen LogP contribution in [0, 0.1) is 11.6 Å². The molecule has 3 heterocycles. The van der Waals surface area contributed by atoms with Crippen LogP contribution in [0.15, 0.2) is 22.7 Å². The van der Waals surface area contributed by atoms with E-state index in [1.54, 1.807) is 0 Å². The predicted molar refractivity (Wildman–Crippen MR) is 92.2 cm³/mol. The Morgan fingerprint density at radius 1 is 1.11 bits per heavy atom. The van der Waals surface area contributed by atoms with Crippen molar-refractivity contribution in [2.24, 2.45) is 0 Å². The average molecular weight is 374 g/mol. The highest BCUT2D eigenvalue weighted by Gasteiger charge is 2.40. The van der Waals surface area contributed by atoms with Gasteiger partial charge in [-0.3, -0.25) is 0 Å². The number of nitrogens with zero attached hydrogens (tertiary/aromatic N) is 1. The lowest BCUT2D eigenvalue weighted by molar-refractivity contribution is 0.0175. The van der Waals surface area contributed by atoms with Crippen LogP contribution in [0.4, 0.5) is 8.78 Å². The number of ether oxygens (including phenoxy) is 1. The van der Waals surface area contributed by atoms with Gasteiger partial charge < -0.3 is 14.6 Å². The Bertz CT molecular complexity index is 861. The molecule has 2 aromatic rings. The highest BCUT2D eigenvalue weighted by Crippen LogP contribution is 2.45. The fraction of sp³-hybridized carbons (Fsp3) is 0.500. The summed E-state index contributed by atoms with van der Waals surface area (Å²) in [5, 5.41) is 7.36. The maximum absolute atomic E-state index is 14.3. The SMILES string of the molecule is O=C(OC1CC2CC[C@H](C1)N2)c1c(-c2c(F)cccc2F)noc1C1CC1. The molecule has 3 fully saturated rings. The number of benzene rings is 1. The van der Waals surface area contributed by atoms with Gasteiger partial charge in [0.25, 0.3) is 0 Å². The lowest BCUT2D eigenvalue weighted by Crippen LogP contribution is -2.42. The van der Waals surface area contributed by atoms with Crippen molar-refractivity contribution in [1.82, 2.24) is 10.5 Å². The maximum Gasteiger partial charge on any atom is 0.344 e. The first kappa shape index (κ1) is 16.9. The van der Waals surface area contributed by atoms with Gasteiger partial charge in [-0.05, 0) is 50.7 Å². The largest absolute Gasteiger partial charge is 0.459 e. The molecule has 2 bridgehead atoms. The molecule has 1 aromatic heterocycles. The summed E-state index contributed by atoms with van der Waals surface area (Å²) in [5.41, 5.74) is -0.368. The zero-order valence-electron chi connectivity index (χ0n) is 14.7. The summed E-state index contributed by atoms with van der Waals surface area (Å²) in [7, 11) is 0. The van der Waals surface area contributed by atoms with E-state index in [0.717, 1.165) is 50.7 Å². The fourth-order valence-corrected chi connectivity index (χ4v) is 4.33. The maximum atomic E-state index is 14.3. The third kappa shape index (κ3) is 3.04. The quantitative estimate of drug-likeness (QED) is 0.822. The number of rotatable bonds is 4. The first-order valence-electron chi connectivity index (χ1n) is 9.51. The van der Waals surface area contributed by atoms with Crippen LogP contribution >= 0.6 is 0 Å². The van der Waals surface area contributed by atoms with Gasteiger partial charge in [-0.1, -0.05) is 11.2 Å². The minimum Gasteiger partial charge on any atom is -0.459 e. The molecule has 0 spiro atoms. The Morgan fingerprint density at radius 2 is 1.78 bits per heavy atom. The Labute approximate surface area is 155 Å². The number of piperidine rings is 1. The van der Waals surface area contributed by atoms with Crippen molar-refractivity contribution in [3.8, 4) is 11.3 Å². The van der Waals surface area contributed by atoms with E-state index < -0.39 is 17.6 Å². The van der Waals surface area contributed by atoms with Crippen LogP contribution in [0.2, 0.25) is 0 Å². The van der Waals surface area contributed by atoms with Crippen molar-refractivity contribution in [1.29, 1.82) is 0 Å². The van der Waals surface area contributed by atoms with Crippen molar-refractivity contribution in [2.45, 2.75) is 62.6 Å². The molecule has 142 valence electrons. The van der Waals surface area contributed by atoms with E-state index in [1.165, 1.54) is 6.07 Å². The molecule has 1 saturated carbocycles. The molecule has 2 aliphatic heterocycles. The van der Waals surface area contributed by atoms with Gasteiger partial charge in [0.2, 0.25) is 0 Å². The van der Waals surface area contributed by atoms with Crippen LogP contribution in [0.1, 0.15) is 60.6 Å². The van der Waals surface area contributed by atoms with Gasteiger partial charge in [0, 0.05) is 18.0 Å². The highest BCUT2D eigenvalue weighted by molar-refractivity contribution is 5.97. The third-order valence-corrected chi connectivity index (χ3v) is 5.77. The Balaban J connectivity index is 1.49. The molecule has 3 atom stereocenters. The smallest absolute Gasteiger partial charge is 0.344 e. The number of fused-ring (bicyclic) bond motifs is 2. The first-order chi connectivity index (χ1) is 13.1. The second kappa shape index (κ2) is 6.41. The zero-order valence-corrected chi connectivity index (χ0v) is 14.7. The van der Waals surface area contributed by atoms with Crippen LogP contribution in [0.3, 0.4) is 0 Å². The Morgan fingerprint density at radius 3 is 2.41 bits per heavy atom. The minimum absolute atomic E-state index is 0.0628. The number of aromatic nitrogens is 1. The Hall–Kier alpha value is -2.28. The molecule has 1 N–H and O–H groups in total. The Kier molecular flexibility index (Phi) is 4.00. The number of carbonyl (C=O) groups is 1. The lowest BCUT2D eigenvalue weighted by atomic mass is 10.0. The van der Waals surface area contributed by atoms with E-state index in [9.17, 15) is 13.6 Å². The molecular formula is C20H20F2N2O3. The van der Waals surface area contributed by atoms with Gasteiger partial charge in [0.15, 0.2) is 5.76 Å². The second-order valence-electron chi connectivity index (χ2n) is 7.78. The van der Waals surface area contributed by atoms with E-state index in [2.05, 4.69) is 10.5 Å². The number of carbonyl (C=O) groups excluding carboxylic acids is 1. The molecule has 3 aliphatic rings. The van der Waals surface area contributed by atoms with Crippen molar-refractivity contribution >= 4 is 5.97 Å². The van der Waals surface area contributed by atoms with Gasteiger partial charge in [0.1, 0.15) is 29.0 Å². The third-order valence-electron chi connectivity index (χ3n) is 5.77. The molecule has 2 unspecified atom stereocenters. The van der Waals surface area contributed by atoms with Crippen molar-refractivity contribution in [3.63, 3.8) is 0 Å². The number of halogens is 2. The van der Waals surface area contributed by atoms with Gasteiger partial charge in [-0.25, -0.2) is 13.6 Å². The normalized spacial score (nSPS) is 27.0. The summed E-state index contributed by atoms with van der Waals surface area (Å²) in [6.45, 7) is 0. The van der Waals surface area contributed by atoms with Gasteiger partial charge >= 0.3 is 5.97 Å². The lowest BCUT2D eigenvalue weighted by Gasteiger charge is -2.28. The monoisotopic (exact) mass is 374 g/mol. The topological polar surface area (TPSA) is 64.4 Å². The van der Waals surface area contributed by atoms with E-state index in [-0.39, 0.29) is 28.8 Å². The fourth-order valence-electron chi connectivity index (χ4n) is 4.33. The van der Waals surface area contributed by atoms with E-state index >= 15 is 0 Å². The number of esters is 1. The highest BCUT2D eigenvalue weighted by atomic mass is 19.1. The molecule has 2 saturated heterocycles. The first-order valence-corrected chi connectivity index (χ1v) is 9.51. The molecule has 5 nitrogen and oxygen atoms in total. The number of nitrogens with one attached hydrogen (secondary N) is 1. The summed E-state index contributed by atoms with van der Waals surface area (Å²) in [6, 6.07) is 4.30. The molecule has 0 amide bonds. The number of hydrogen-bond acceptors (Lipinski definition) is 5. The van der Waals surface area contributed by atoms with E-state index in [0.29, 0.717) is 17.8 Å². The van der Waals surface area contributed by atoms with Crippen LogP contribution in [-0.4, -0.2) is 29.3 Å².